The van der Waals surface area contributed by atoms with E-state index in [-0.39, 0.29) is 22.5 Å². The predicted octanol–water partition coefficient (Wildman–Crippen LogP) is 3.46. The highest BCUT2D eigenvalue weighted by Crippen LogP contribution is 2.43. The number of aromatic nitrogens is 4. The second kappa shape index (κ2) is 8.14. The van der Waals surface area contributed by atoms with Crippen LogP contribution in [0.25, 0.3) is 22.3 Å². The molecule has 3 heterocycles. The van der Waals surface area contributed by atoms with Crippen molar-refractivity contribution in [2.45, 2.75) is 28.0 Å². The molecule has 0 radical (unpaired) electrons. The van der Waals surface area contributed by atoms with E-state index >= 15 is 0 Å². The summed E-state index contributed by atoms with van der Waals surface area (Å²) in [5.74, 6) is 0. The number of alkyl halides is 3. The van der Waals surface area contributed by atoms with E-state index in [0.717, 1.165) is 18.6 Å². The number of hydrogen-bond acceptors (Lipinski definition) is 8. The molecule has 0 saturated heterocycles. The van der Waals surface area contributed by atoms with Crippen molar-refractivity contribution in [1.29, 1.82) is 5.26 Å². The first-order valence-electron chi connectivity index (χ1n) is 9.61. The summed E-state index contributed by atoms with van der Waals surface area (Å²) in [6.45, 7) is 1.68. The Kier molecular flexibility index (Phi) is 5.65. The number of pyridine rings is 1. The third kappa shape index (κ3) is 4.24. The Labute approximate surface area is 197 Å². The number of H-pyrrole nitrogens is 1. The average Bonchev–Trinajstić information content (AvgIpc) is 3.21. The zero-order chi connectivity index (χ0) is 25.8. The molecule has 0 aliphatic heterocycles. The smallest absolute Gasteiger partial charge is 0.345 e. The molecule has 0 unspecified atom stereocenters. The topological polar surface area (TPSA) is 147 Å². The number of nitrogens with one attached hydrogen (secondary N) is 1. The zero-order valence-corrected chi connectivity index (χ0v) is 19.5. The molecule has 0 aliphatic rings. The van der Waals surface area contributed by atoms with Gasteiger partial charge in [0, 0.05) is 29.6 Å². The third-order valence-corrected chi connectivity index (χ3v) is 7.75. The number of rotatable bonds is 4. The molecule has 180 valence electrons. The summed E-state index contributed by atoms with van der Waals surface area (Å²) in [5, 5.41) is 8.31. The highest BCUT2D eigenvalue weighted by molar-refractivity contribution is 7.91. The Balaban J connectivity index is 2.18. The number of sulfone groups is 2. The van der Waals surface area contributed by atoms with E-state index < -0.39 is 51.7 Å². The monoisotopic (exact) mass is 521 g/mol. The number of benzene rings is 1. The highest BCUT2D eigenvalue weighted by Gasteiger charge is 2.41. The normalized spacial score (nSPS) is 12.6. The molecule has 1 aromatic carbocycles. The first-order chi connectivity index (χ1) is 16.2. The van der Waals surface area contributed by atoms with E-state index in [1.807, 2.05) is 0 Å². The van der Waals surface area contributed by atoms with E-state index in [1.54, 1.807) is 13.0 Å². The fraction of sp³-hybridized carbons (Fsp3) is 0.143. The van der Waals surface area contributed by atoms with Gasteiger partial charge in [-0.3, -0.25) is 0 Å². The van der Waals surface area contributed by atoms with Crippen molar-refractivity contribution in [1.82, 2.24) is 19.9 Å². The fourth-order valence-corrected chi connectivity index (χ4v) is 5.57. The first-order valence-corrected chi connectivity index (χ1v) is 13.0. The minimum atomic E-state index is -5.11. The van der Waals surface area contributed by atoms with Crippen LogP contribution in [-0.4, -0.2) is 43.0 Å². The lowest BCUT2D eigenvalue weighted by Crippen LogP contribution is -2.15. The van der Waals surface area contributed by atoms with Gasteiger partial charge in [-0.2, -0.15) is 18.4 Å². The van der Waals surface area contributed by atoms with Crippen molar-refractivity contribution in [2.75, 3.05) is 6.26 Å². The molecular formula is C21H14F3N5O4S2. The maximum Gasteiger partial charge on any atom is 0.419 e. The summed E-state index contributed by atoms with van der Waals surface area (Å²) in [7, 11) is -8.75. The number of nitriles is 1. The van der Waals surface area contributed by atoms with Crippen molar-refractivity contribution in [3.63, 3.8) is 0 Å². The van der Waals surface area contributed by atoms with Gasteiger partial charge >= 0.3 is 6.18 Å². The molecule has 0 atom stereocenters. The number of hydrogen-bond donors (Lipinski definition) is 1. The van der Waals surface area contributed by atoms with Crippen LogP contribution < -0.4 is 0 Å². The van der Waals surface area contributed by atoms with E-state index in [4.69, 9.17) is 0 Å². The maximum atomic E-state index is 14.0. The van der Waals surface area contributed by atoms with Gasteiger partial charge in [0.15, 0.2) is 0 Å². The lowest BCUT2D eigenvalue weighted by molar-refractivity contribution is -0.139. The third-order valence-electron chi connectivity index (χ3n) is 5.03. The Morgan fingerprint density at radius 2 is 1.69 bits per heavy atom. The molecule has 0 saturated carbocycles. The summed E-state index contributed by atoms with van der Waals surface area (Å²) in [6.07, 6.45) is -1.89. The van der Waals surface area contributed by atoms with Crippen LogP contribution in [0.4, 0.5) is 13.2 Å². The fourth-order valence-electron chi connectivity index (χ4n) is 3.40. The molecule has 4 rings (SSSR count). The second-order valence-electron chi connectivity index (χ2n) is 7.54. The number of nitrogens with zero attached hydrogens (tertiary/aromatic N) is 4. The Hall–Kier alpha value is -3.83. The SMILES string of the molecule is Cc1ccc(S(=O)(=O)c2c(C(F)(F)F)cnc3[nH]cc(-c4nc(S(C)(=O)=O)ncc4C#N)c23)cc1. The van der Waals surface area contributed by atoms with E-state index in [0.29, 0.717) is 11.8 Å². The summed E-state index contributed by atoms with van der Waals surface area (Å²) < 4.78 is 93.1. The Morgan fingerprint density at radius 3 is 2.26 bits per heavy atom. The Morgan fingerprint density at radius 1 is 1.03 bits per heavy atom. The standard InChI is InChI=1S/C21H14F3N5O4S2/c1-11-3-5-13(6-4-11)35(32,33)18-15(21(22,23)24)10-27-19-16(18)14(9-26-19)17-12(7-25)8-28-20(29-17)34(2,30)31/h3-6,8-10H,1-2H3,(H,26,27). The molecule has 9 nitrogen and oxygen atoms in total. The average molecular weight is 522 g/mol. The largest absolute Gasteiger partial charge is 0.419 e. The van der Waals surface area contributed by atoms with Crippen LogP contribution >= 0.6 is 0 Å². The predicted molar refractivity (Wildman–Crippen MR) is 117 cm³/mol. The quantitative estimate of drug-likeness (QED) is 0.402. The summed E-state index contributed by atoms with van der Waals surface area (Å²) in [6, 6.07) is 6.97. The van der Waals surface area contributed by atoms with Crippen LogP contribution in [0.1, 0.15) is 16.7 Å². The summed E-state index contributed by atoms with van der Waals surface area (Å²) >= 11 is 0. The van der Waals surface area contributed by atoms with Crippen LogP contribution in [0.15, 0.2) is 57.8 Å². The minimum absolute atomic E-state index is 0.234. The molecule has 1 N–H and O–H groups in total. The Bertz CT molecular complexity index is 1740. The number of halogens is 3. The maximum absolute atomic E-state index is 14.0. The zero-order valence-electron chi connectivity index (χ0n) is 17.9. The molecule has 4 aromatic rings. The summed E-state index contributed by atoms with van der Waals surface area (Å²) in [5.41, 5.74) is -1.97. The lowest BCUT2D eigenvalue weighted by Gasteiger charge is -2.15. The van der Waals surface area contributed by atoms with Crippen LogP contribution in [0.3, 0.4) is 0 Å². The van der Waals surface area contributed by atoms with E-state index in [2.05, 4.69) is 19.9 Å². The lowest BCUT2D eigenvalue weighted by atomic mass is 10.1. The highest BCUT2D eigenvalue weighted by atomic mass is 32.2. The first kappa shape index (κ1) is 24.3. The van der Waals surface area contributed by atoms with Gasteiger partial charge in [0.1, 0.15) is 11.7 Å². The number of fused-ring (bicyclic) bond motifs is 1. The number of aromatic amines is 1. The van der Waals surface area contributed by atoms with E-state index in [1.165, 1.54) is 24.3 Å². The van der Waals surface area contributed by atoms with Crippen molar-refractivity contribution in [3.05, 3.63) is 59.5 Å². The van der Waals surface area contributed by atoms with Gasteiger partial charge in [0.05, 0.1) is 32.8 Å². The van der Waals surface area contributed by atoms with Gasteiger partial charge in [-0.15, -0.1) is 0 Å². The van der Waals surface area contributed by atoms with Crippen LogP contribution in [0.2, 0.25) is 0 Å². The van der Waals surface area contributed by atoms with Gasteiger partial charge in [0.2, 0.25) is 24.8 Å². The molecule has 0 spiro atoms. The molecule has 0 fully saturated rings. The van der Waals surface area contributed by atoms with Crippen molar-refractivity contribution < 1.29 is 30.0 Å². The molecule has 14 heteroatoms. The molecular weight excluding hydrogens is 507 g/mol. The molecule has 0 amide bonds. The van der Waals surface area contributed by atoms with E-state index in [9.17, 15) is 35.3 Å². The van der Waals surface area contributed by atoms with Crippen LogP contribution in [0.5, 0.6) is 0 Å². The molecule has 0 bridgehead atoms. The summed E-state index contributed by atoms with van der Waals surface area (Å²) in [4.78, 5) is 12.3. The van der Waals surface area contributed by atoms with Gasteiger partial charge < -0.3 is 4.98 Å². The number of aryl methyl sites for hydroxylation is 1. The van der Waals surface area contributed by atoms with Crippen LogP contribution in [-0.2, 0) is 25.9 Å². The molecule has 0 aliphatic carbocycles. The van der Waals surface area contributed by atoms with Gasteiger partial charge in [-0.05, 0) is 19.1 Å². The molecule has 35 heavy (non-hydrogen) atoms. The van der Waals surface area contributed by atoms with Gasteiger partial charge in [-0.25, -0.2) is 31.8 Å². The molecule has 3 aromatic heterocycles. The van der Waals surface area contributed by atoms with Gasteiger partial charge in [0.25, 0.3) is 0 Å². The van der Waals surface area contributed by atoms with Crippen molar-refractivity contribution in [2.24, 2.45) is 0 Å². The van der Waals surface area contributed by atoms with Gasteiger partial charge in [-0.1, -0.05) is 17.7 Å². The van der Waals surface area contributed by atoms with Crippen molar-refractivity contribution >= 4 is 30.7 Å². The minimum Gasteiger partial charge on any atom is -0.345 e. The second-order valence-corrected chi connectivity index (χ2v) is 11.3. The van der Waals surface area contributed by atoms with Crippen LogP contribution in [0, 0.1) is 18.3 Å². The van der Waals surface area contributed by atoms with Crippen molar-refractivity contribution in [3.8, 4) is 17.3 Å².